The van der Waals surface area contributed by atoms with Crippen LogP contribution >= 0.6 is 11.3 Å². The fourth-order valence-corrected chi connectivity index (χ4v) is 9.30. The van der Waals surface area contributed by atoms with Crippen LogP contribution in [0.15, 0.2) is 194 Å². The van der Waals surface area contributed by atoms with E-state index in [1.54, 1.807) is 0 Å². The second kappa shape index (κ2) is 11.9. The molecule has 9 aromatic carbocycles. The van der Waals surface area contributed by atoms with Crippen molar-refractivity contribution in [2.45, 2.75) is 0 Å². The summed E-state index contributed by atoms with van der Waals surface area (Å²) in [5.41, 5.74) is 9.35. The Morgan fingerprint density at radius 2 is 0.925 bits per heavy atom. The largest absolute Gasteiger partial charge is 0.310 e. The fourth-order valence-electron chi connectivity index (χ4n) is 8.16. The lowest BCUT2D eigenvalue weighted by Crippen LogP contribution is -2.10. The van der Waals surface area contributed by atoms with E-state index in [0.717, 1.165) is 22.7 Å². The predicted molar refractivity (Wildman–Crippen MR) is 229 cm³/mol. The molecule has 0 radical (unpaired) electrons. The molecule has 0 fully saturated rings. The van der Waals surface area contributed by atoms with Crippen LogP contribution in [0, 0.1) is 0 Å². The maximum atomic E-state index is 2.41. The Morgan fingerprint density at radius 3 is 1.72 bits per heavy atom. The topological polar surface area (TPSA) is 8.17 Å². The number of anilines is 3. The summed E-state index contributed by atoms with van der Waals surface area (Å²) in [4.78, 5) is 2.39. The van der Waals surface area contributed by atoms with E-state index < -0.39 is 0 Å². The lowest BCUT2D eigenvalue weighted by molar-refractivity contribution is 1.17. The van der Waals surface area contributed by atoms with Gasteiger partial charge in [-0.25, -0.2) is 0 Å². The van der Waals surface area contributed by atoms with Gasteiger partial charge in [0, 0.05) is 53.7 Å². The molecule has 11 aromatic rings. The first-order chi connectivity index (χ1) is 26.2. The number of aromatic nitrogens is 1. The Hall–Kier alpha value is -6.68. The van der Waals surface area contributed by atoms with E-state index >= 15 is 0 Å². The highest BCUT2D eigenvalue weighted by Crippen LogP contribution is 2.42. The Bertz CT molecular complexity index is 3170. The number of para-hydroxylation sites is 1. The molecule has 0 aliphatic heterocycles. The molecule has 2 heterocycles. The van der Waals surface area contributed by atoms with Gasteiger partial charge < -0.3 is 9.47 Å². The number of fused-ring (bicyclic) bond motifs is 8. The van der Waals surface area contributed by atoms with E-state index in [2.05, 4.69) is 204 Å². The third-order valence-corrected chi connectivity index (χ3v) is 11.9. The molecule has 3 heteroatoms. The first-order valence-electron chi connectivity index (χ1n) is 18.1. The van der Waals surface area contributed by atoms with Crippen molar-refractivity contribution in [1.82, 2.24) is 4.57 Å². The Balaban J connectivity index is 1.05. The highest BCUT2D eigenvalue weighted by molar-refractivity contribution is 7.25. The summed E-state index contributed by atoms with van der Waals surface area (Å²) >= 11 is 1.86. The summed E-state index contributed by atoms with van der Waals surface area (Å²) < 4.78 is 5.01. The van der Waals surface area contributed by atoms with Crippen molar-refractivity contribution in [2.75, 3.05) is 4.90 Å². The molecule has 0 aliphatic rings. The summed E-state index contributed by atoms with van der Waals surface area (Å²) in [5.74, 6) is 0. The first-order valence-corrected chi connectivity index (χ1v) is 18.9. The summed E-state index contributed by atoms with van der Waals surface area (Å²) in [7, 11) is 0. The normalized spacial score (nSPS) is 11.8. The summed E-state index contributed by atoms with van der Waals surface area (Å²) in [5, 5.41) is 10.2. The van der Waals surface area contributed by atoms with E-state index in [0.29, 0.717) is 0 Å². The monoisotopic (exact) mass is 692 g/mol. The number of rotatable bonds is 5. The molecule has 0 unspecified atom stereocenters. The minimum absolute atomic E-state index is 1.11. The maximum Gasteiger partial charge on any atom is 0.0547 e. The van der Waals surface area contributed by atoms with Gasteiger partial charge in [-0.3, -0.25) is 0 Å². The van der Waals surface area contributed by atoms with Crippen LogP contribution in [0.2, 0.25) is 0 Å². The first kappa shape index (κ1) is 30.0. The molecular formula is C50H32N2S. The number of benzene rings is 9. The number of hydrogen-bond donors (Lipinski definition) is 0. The standard InChI is InChI=1S/C50H32N2S/c1-2-10-35-29-38(18-17-33(35)9-1)34-19-21-39(22-20-34)51(42-27-28-45-44-14-6-8-16-49(44)53-50(45)32-42)40-23-25-41(26-24-40)52-47-15-7-5-13-43(47)46-30-36-11-3-4-12-37(36)31-48(46)52/h1-32H. The molecule has 53 heavy (non-hydrogen) atoms. The van der Waals surface area contributed by atoms with Crippen molar-refractivity contribution >= 4 is 91.9 Å². The van der Waals surface area contributed by atoms with Crippen molar-refractivity contribution in [3.05, 3.63) is 194 Å². The summed E-state index contributed by atoms with van der Waals surface area (Å²) in [6, 6.07) is 71.1. The van der Waals surface area contributed by atoms with Crippen LogP contribution in [0.4, 0.5) is 17.1 Å². The molecule has 0 saturated heterocycles. The zero-order valence-corrected chi connectivity index (χ0v) is 29.6. The third kappa shape index (κ3) is 4.93. The molecule has 0 atom stereocenters. The van der Waals surface area contributed by atoms with E-state index in [9.17, 15) is 0 Å². The molecular weight excluding hydrogens is 661 g/mol. The molecule has 0 saturated carbocycles. The SMILES string of the molecule is c1ccc2cc(-c3ccc(N(c4ccc(-n5c6ccccc6c6cc7ccccc7cc65)cc4)c4ccc5c(c4)sc4ccccc45)cc3)ccc2c1. The van der Waals surface area contributed by atoms with Crippen molar-refractivity contribution in [3.63, 3.8) is 0 Å². The lowest BCUT2D eigenvalue weighted by atomic mass is 10.0. The maximum absolute atomic E-state index is 2.41. The Morgan fingerprint density at radius 1 is 0.340 bits per heavy atom. The number of nitrogens with zero attached hydrogens (tertiary/aromatic N) is 2. The van der Waals surface area contributed by atoms with Gasteiger partial charge in [-0.15, -0.1) is 11.3 Å². The van der Waals surface area contributed by atoms with Gasteiger partial charge in [0.15, 0.2) is 0 Å². The molecule has 0 bridgehead atoms. The predicted octanol–water partition coefficient (Wildman–Crippen LogP) is 14.6. The van der Waals surface area contributed by atoms with Crippen LogP contribution in [0.5, 0.6) is 0 Å². The smallest absolute Gasteiger partial charge is 0.0547 e. The van der Waals surface area contributed by atoms with Crippen LogP contribution in [0.25, 0.3) is 80.3 Å². The van der Waals surface area contributed by atoms with Crippen LogP contribution in [0.1, 0.15) is 0 Å². The summed E-state index contributed by atoms with van der Waals surface area (Å²) in [6.45, 7) is 0. The molecule has 248 valence electrons. The second-order valence-corrected chi connectivity index (χ2v) is 14.9. The Kier molecular flexibility index (Phi) is 6.76. The van der Waals surface area contributed by atoms with Gasteiger partial charge >= 0.3 is 0 Å². The van der Waals surface area contributed by atoms with Gasteiger partial charge in [0.25, 0.3) is 0 Å². The highest BCUT2D eigenvalue weighted by Gasteiger charge is 2.17. The molecule has 0 aliphatic carbocycles. The average molecular weight is 693 g/mol. The zero-order valence-electron chi connectivity index (χ0n) is 28.8. The molecule has 11 rings (SSSR count). The van der Waals surface area contributed by atoms with Crippen LogP contribution in [-0.4, -0.2) is 4.57 Å². The van der Waals surface area contributed by atoms with Crippen LogP contribution in [-0.2, 0) is 0 Å². The fraction of sp³-hybridized carbons (Fsp3) is 0. The quantitative estimate of drug-likeness (QED) is 0.174. The van der Waals surface area contributed by atoms with Crippen molar-refractivity contribution < 1.29 is 0 Å². The molecule has 0 amide bonds. The number of thiophene rings is 1. The van der Waals surface area contributed by atoms with Gasteiger partial charge in [-0.05, 0) is 112 Å². The van der Waals surface area contributed by atoms with Crippen LogP contribution < -0.4 is 4.90 Å². The van der Waals surface area contributed by atoms with Gasteiger partial charge in [-0.1, -0.05) is 115 Å². The van der Waals surface area contributed by atoms with E-state index in [4.69, 9.17) is 0 Å². The van der Waals surface area contributed by atoms with E-state index in [-0.39, 0.29) is 0 Å². The van der Waals surface area contributed by atoms with Gasteiger partial charge in [0.2, 0.25) is 0 Å². The molecule has 0 spiro atoms. The molecule has 0 N–H and O–H groups in total. The highest BCUT2D eigenvalue weighted by atomic mass is 32.1. The van der Waals surface area contributed by atoms with Crippen molar-refractivity contribution in [3.8, 4) is 16.8 Å². The minimum Gasteiger partial charge on any atom is -0.310 e. The van der Waals surface area contributed by atoms with Crippen molar-refractivity contribution in [2.24, 2.45) is 0 Å². The lowest BCUT2D eigenvalue weighted by Gasteiger charge is -2.26. The van der Waals surface area contributed by atoms with Gasteiger partial charge in [0.05, 0.1) is 11.0 Å². The van der Waals surface area contributed by atoms with Gasteiger partial charge in [-0.2, -0.15) is 0 Å². The van der Waals surface area contributed by atoms with Gasteiger partial charge in [0.1, 0.15) is 0 Å². The van der Waals surface area contributed by atoms with E-state index in [1.165, 1.54) is 74.6 Å². The molecule has 2 nitrogen and oxygen atoms in total. The minimum atomic E-state index is 1.11. The van der Waals surface area contributed by atoms with E-state index in [1.807, 2.05) is 11.3 Å². The molecule has 2 aromatic heterocycles. The second-order valence-electron chi connectivity index (χ2n) is 13.8. The number of hydrogen-bond acceptors (Lipinski definition) is 2. The Labute approximate surface area is 311 Å². The summed E-state index contributed by atoms with van der Waals surface area (Å²) in [6.07, 6.45) is 0. The van der Waals surface area contributed by atoms with Crippen LogP contribution in [0.3, 0.4) is 0 Å². The van der Waals surface area contributed by atoms with Crippen molar-refractivity contribution in [1.29, 1.82) is 0 Å². The zero-order chi connectivity index (χ0) is 34.9. The average Bonchev–Trinajstić information content (AvgIpc) is 3.75. The third-order valence-electron chi connectivity index (χ3n) is 10.7.